The Balaban J connectivity index is 1.59. The summed E-state index contributed by atoms with van der Waals surface area (Å²) in [7, 11) is 1.47. The summed E-state index contributed by atoms with van der Waals surface area (Å²) in [6, 6.07) is 0.267. The zero-order chi connectivity index (χ0) is 17.4. The Morgan fingerprint density at radius 2 is 2.00 bits per heavy atom. The summed E-state index contributed by atoms with van der Waals surface area (Å²) >= 11 is 0. The van der Waals surface area contributed by atoms with E-state index in [0.717, 1.165) is 31.1 Å². The molecule has 0 radical (unpaired) electrons. The number of nitrogens with zero attached hydrogens (tertiary/aromatic N) is 2. The second kappa shape index (κ2) is 6.67. The van der Waals surface area contributed by atoms with Gasteiger partial charge in [-0.3, -0.25) is 0 Å². The topological polar surface area (TPSA) is 50.1 Å². The van der Waals surface area contributed by atoms with Gasteiger partial charge in [0.1, 0.15) is 5.82 Å². The molecule has 0 aromatic carbocycles. The minimum atomic E-state index is -4.75. The van der Waals surface area contributed by atoms with Crippen molar-refractivity contribution in [1.82, 2.24) is 14.9 Å². The molecule has 1 heterocycles. The summed E-state index contributed by atoms with van der Waals surface area (Å²) in [6.07, 6.45) is 4.59. The molecule has 3 rings (SSSR count). The van der Waals surface area contributed by atoms with E-state index in [2.05, 4.69) is 10.3 Å². The number of aromatic nitrogens is 2. The van der Waals surface area contributed by atoms with Crippen LogP contribution in [0.25, 0.3) is 0 Å². The third-order valence-electron chi connectivity index (χ3n) is 5.58. The third kappa shape index (κ3) is 3.61. The SMILES string of the molecule is Cn1ccnc1C(O)(CCNC1CCCC(C2CC2)C1)C(F)(F)F. The second-order valence-corrected chi connectivity index (χ2v) is 7.38. The van der Waals surface area contributed by atoms with Crippen LogP contribution in [0.3, 0.4) is 0 Å². The van der Waals surface area contributed by atoms with Crippen LogP contribution in [0.1, 0.15) is 50.8 Å². The number of imidazole rings is 1. The molecular formula is C17H26F3N3O. The Morgan fingerprint density at radius 3 is 2.58 bits per heavy atom. The van der Waals surface area contributed by atoms with Gasteiger partial charge in [0.25, 0.3) is 0 Å². The minimum absolute atomic E-state index is 0.130. The van der Waals surface area contributed by atoms with Gasteiger partial charge < -0.3 is 15.0 Å². The lowest BCUT2D eigenvalue weighted by atomic mass is 9.82. The van der Waals surface area contributed by atoms with Crippen LogP contribution in [-0.2, 0) is 12.6 Å². The molecule has 2 aliphatic rings. The molecule has 3 unspecified atom stereocenters. The largest absolute Gasteiger partial charge is 0.424 e. The van der Waals surface area contributed by atoms with E-state index in [1.165, 1.54) is 43.3 Å². The Hall–Kier alpha value is -1.08. The molecule has 0 aliphatic heterocycles. The highest BCUT2D eigenvalue weighted by Gasteiger charge is 2.57. The van der Waals surface area contributed by atoms with Crippen molar-refractivity contribution in [2.24, 2.45) is 18.9 Å². The number of alkyl halides is 3. The molecule has 0 amide bonds. The number of hydrogen-bond donors (Lipinski definition) is 2. The second-order valence-electron chi connectivity index (χ2n) is 7.38. The molecule has 2 aliphatic carbocycles. The fraction of sp³-hybridized carbons (Fsp3) is 0.824. The van der Waals surface area contributed by atoms with E-state index in [1.807, 2.05) is 0 Å². The maximum absolute atomic E-state index is 13.5. The van der Waals surface area contributed by atoms with E-state index >= 15 is 0 Å². The molecule has 7 heteroatoms. The van der Waals surface area contributed by atoms with Gasteiger partial charge in [0, 0.05) is 31.9 Å². The number of halogens is 3. The normalized spacial score (nSPS) is 27.9. The lowest BCUT2D eigenvalue weighted by Gasteiger charge is -2.33. The molecule has 1 aromatic rings. The van der Waals surface area contributed by atoms with Crippen LogP contribution in [0.4, 0.5) is 13.2 Å². The van der Waals surface area contributed by atoms with Crippen molar-refractivity contribution in [3.8, 4) is 0 Å². The average molecular weight is 345 g/mol. The monoisotopic (exact) mass is 345 g/mol. The van der Waals surface area contributed by atoms with E-state index < -0.39 is 18.2 Å². The fourth-order valence-electron chi connectivity index (χ4n) is 4.01. The zero-order valence-corrected chi connectivity index (χ0v) is 14.0. The van der Waals surface area contributed by atoms with Gasteiger partial charge in [0.15, 0.2) is 0 Å². The number of nitrogens with one attached hydrogen (secondary N) is 1. The highest BCUT2D eigenvalue weighted by atomic mass is 19.4. The van der Waals surface area contributed by atoms with Crippen molar-refractivity contribution in [1.29, 1.82) is 0 Å². The Labute approximate surface area is 140 Å². The van der Waals surface area contributed by atoms with Crippen molar-refractivity contribution in [2.75, 3.05) is 6.54 Å². The maximum atomic E-state index is 13.5. The summed E-state index contributed by atoms with van der Waals surface area (Å²) < 4.78 is 41.6. The van der Waals surface area contributed by atoms with Crippen molar-refractivity contribution < 1.29 is 18.3 Å². The molecule has 2 saturated carbocycles. The van der Waals surface area contributed by atoms with Gasteiger partial charge in [0.05, 0.1) is 0 Å². The molecule has 0 bridgehead atoms. The Bertz CT molecular complexity index is 556. The smallest absolute Gasteiger partial charge is 0.374 e. The quantitative estimate of drug-likeness (QED) is 0.833. The fourth-order valence-corrected chi connectivity index (χ4v) is 4.01. The van der Waals surface area contributed by atoms with Crippen molar-refractivity contribution in [3.05, 3.63) is 18.2 Å². The van der Waals surface area contributed by atoms with Crippen LogP contribution in [0.15, 0.2) is 12.4 Å². The average Bonchev–Trinajstić information content (AvgIpc) is 3.28. The Morgan fingerprint density at radius 1 is 1.25 bits per heavy atom. The van der Waals surface area contributed by atoms with Crippen LogP contribution < -0.4 is 5.32 Å². The summed E-state index contributed by atoms with van der Waals surface area (Å²) in [4.78, 5) is 3.73. The molecule has 24 heavy (non-hydrogen) atoms. The lowest BCUT2D eigenvalue weighted by molar-refractivity contribution is -0.272. The molecule has 4 nitrogen and oxygen atoms in total. The van der Waals surface area contributed by atoms with Crippen molar-refractivity contribution in [2.45, 2.75) is 62.8 Å². The van der Waals surface area contributed by atoms with Crippen LogP contribution in [0, 0.1) is 11.8 Å². The molecule has 3 atom stereocenters. The Kier molecular flexibility index (Phi) is 4.93. The van der Waals surface area contributed by atoms with E-state index in [0.29, 0.717) is 0 Å². The summed E-state index contributed by atoms with van der Waals surface area (Å²) in [5, 5.41) is 13.6. The lowest BCUT2D eigenvalue weighted by Crippen LogP contribution is -2.47. The van der Waals surface area contributed by atoms with Gasteiger partial charge in [-0.15, -0.1) is 0 Å². The maximum Gasteiger partial charge on any atom is 0.424 e. The summed E-state index contributed by atoms with van der Waals surface area (Å²) in [5.41, 5.74) is -2.91. The van der Waals surface area contributed by atoms with Gasteiger partial charge in [0.2, 0.25) is 5.60 Å². The van der Waals surface area contributed by atoms with Gasteiger partial charge in [-0.1, -0.05) is 12.8 Å². The standard InChI is InChI=1S/C17H26F3N3O/c1-23-10-9-22-15(23)16(24,17(18,19)20)7-8-21-14-4-2-3-13(11-14)12-5-6-12/h9-10,12-14,21,24H,2-8,11H2,1H3. The number of aryl methyl sites for hydroxylation is 1. The van der Waals surface area contributed by atoms with Gasteiger partial charge in [-0.25, -0.2) is 4.98 Å². The van der Waals surface area contributed by atoms with E-state index in [-0.39, 0.29) is 18.4 Å². The zero-order valence-electron chi connectivity index (χ0n) is 14.0. The first-order valence-corrected chi connectivity index (χ1v) is 8.81. The molecule has 0 saturated heterocycles. The van der Waals surface area contributed by atoms with Crippen LogP contribution >= 0.6 is 0 Å². The molecule has 2 N–H and O–H groups in total. The first-order valence-electron chi connectivity index (χ1n) is 8.81. The number of hydrogen-bond acceptors (Lipinski definition) is 3. The highest BCUT2D eigenvalue weighted by Crippen LogP contribution is 2.44. The highest BCUT2D eigenvalue weighted by molar-refractivity contribution is 5.08. The molecule has 136 valence electrons. The van der Waals surface area contributed by atoms with Crippen LogP contribution in [0.2, 0.25) is 0 Å². The number of rotatable bonds is 6. The van der Waals surface area contributed by atoms with Gasteiger partial charge in [-0.05, 0) is 44.1 Å². The number of aliphatic hydroxyl groups is 1. The van der Waals surface area contributed by atoms with Crippen molar-refractivity contribution in [3.63, 3.8) is 0 Å². The summed E-state index contributed by atoms with van der Waals surface area (Å²) in [6.45, 7) is 0.130. The first-order chi connectivity index (χ1) is 11.3. The molecular weight excluding hydrogens is 319 g/mol. The first kappa shape index (κ1) is 17.7. The molecule has 0 spiro atoms. The predicted octanol–water partition coefficient (Wildman–Crippen LogP) is 3.12. The summed E-state index contributed by atoms with van der Waals surface area (Å²) in [5.74, 6) is 1.22. The van der Waals surface area contributed by atoms with E-state index in [9.17, 15) is 18.3 Å². The van der Waals surface area contributed by atoms with Crippen molar-refractivity contribution >= 4 is 0 Å². The van der Waals surface area contributed by atoms with E-state index in [1.54, 1.807) is 0 Å². The van der Waals surface area contributed by atoms with E-state index in [4.69, 9.17) is 0 Å². The van der Waals surface area contributed by atoms with Crippen LogP contribution in [0.5, 0.6) is 0 Å². The predicted molar refractivity (Wildman–Crippen MR) is 84.2 cm³/mol. The molecule has 2 fully saturated rings. The molecule has 1 aromatic heterocycles. The van der Waals surface area contributed by atoms with Gasteiger partial charge in [-0.2, -0.15) is 13.2 Å². The third-order valence-corrected chi connectivity index (χ3v) is 5.58. The van der Waals surface area contributed by atoms with Crippen LogP contribution in [-0.4, -0.2) is 33.4 Å². The van der Waals surface area contributed by atoms with Gasteiger partial charge >= 0.3 is 6.18 Å². The minimum Gasteiger partial charge on any atom is -0.374 e.